The van der Waals surface area contributed by atoms with E-state index in [-0.39, 0.29) is 18.9 Å². The van der Waals surface area contributed by atoms with E-state index < -0.39 is 58.8 Å². The number of hydrogen-bond donors (Lipinski definition) is 5. The first-order valence-corrected chi connectivity index (χ1v) is 18.5. The average Bonchev–Trinajstić information content (AvgIpc) is 3.52. The van der Waals surface area contributed by atoms with Crippen LogP contribution in [0.1, 0.15) is 80.6 Å². The number of hydrogen-bond acceptors (Lipinski definition) is 11. The summed E-state index contributed by atoms with van der Waals surface area (Å²) < 4.78 is 7.40. The molecule has 5 N–H and O–H groups in total. The van der Waals surface area contributed by atoms with Crippen LogP contribution in [-0.4, -0.2) is 92.2 Å². The topological polar surface area (TPSA) is 175 Å². The van der Waals surface area contributed by atoms with E-state index in [4.69, 9.17) is 9.72 Å². The second kappa shape index (κ2) is 15.3. The summed E-state index contributed by atoms with van der Waals surface area (Å²) in [6.07, 6.45) is 2.19. The fourth-order valence-corrected chi connectivity index (χ4v) is 7.24. The highest BCUT2D eigenvalue weighted by molar-refractivity contribution is 7.17. The maximum atomic E-state index is 14.9. The Kier molecular flexibility index (Phi) is 11.5. The van der Waals surface area contributed by atoms with Crippen molar-refractivity contribution in [2.24, 2.45) is 5.41 Å². The van der Waals surface area contributed by atoms with Gasteiger partial charge in [0.1, 0.15) is 29.7 Å². The number of ether oxygens (including phenoxy) is 1. The van der Waals surface area contributed by atoms with Gasteiger partial charge in [-0.15, -0.1) is 11.3 Å². The number of carbonyl (C=O) groups is 4. The molecule has 3 aromatic heterocycles. The largest absolute Gasteiger partial charge is 0.487 e. The molecule has 5 atom stereocenters. The Morgan fingerprint density at radius 3 is 2.49 bits per heavy atom. The molecule has 1 saturated carbocycles. The summed E-state index contributed by atoms with van der Waals surface area (Å²) in [5.41, 5.74) is -1.08. The van der Waals surface area contributed by atoms with Gasteiger partial charge in [-0.25, -0.2) is 9.78 Å². The number of amides is 4. The highest BCUT2D eigenvalue weighted by atomic mass is 32.1. The Bertz CT molecular complexity index is 1720. The maximum absolute atomic E-state index is 14.9. The van der Waals surface area contributed by atoms with Gasteiger partial charge in [0, 0.05) is 36.8 Å². The van der Waals surface area contributed by atoms with Crippen LogP contribution in [0.5, 0.6) is 5.75 Å². The van der Waals surface area contributed by atoms with E-state index in [1.807, 2.05) is 63.4 Å². The van der Waals surface area contributed by atoms with Crippen molar-refractivity contribution in [3.8, 4) is 17.1 Å². The molecule has 1 unspecified atom stereocenters. The Hall–Kier alpha value is -3.98. The molecule has 1 aliphatic heterocycles. The molecule has 51 heavy (non-hydrogen) atoms. The number of imide groups is 1. The number of nitrogens with zero attached hydrogens (tertiary/aromatic N) is 3. The lowest BCUT2D eigenvalue weighted by Gasteiger charge is -2.48. The summed E-state index contributed by atoms with van der Waals surface area (Å²) in [4.78, 5) is 65.6. The standard InChI is InChI=1S/C37H51N7O6S/c1-8-15-37(29(46)21-45,42-22-12-13-22)44(33(48)31(35(2,3)4)41-34(49)43-36(5,6)7)32(47)27-18-23(20-39-27)50-28-19-26(24-11-9-10-16-38-24)40-25-14-17-51-30(25)28/h9-11,14,16-17,19,21-23,27,29,31,39,42,46H,8,12-13,15,18,20H2,1-7H3,(H2,41,43,49)/t23-,27+,29?,31-,37+/m1/s1. The number of urea groups is 1. The van der Waals surface area contributed by atoms with Crippen LogP contribution in [0.25, 0.3) is 21.6 Å². The van der Waals surface area contributed by atoms with Crippen molar-refractivity contribution in [3.63, 3.8) is 0 Å². The van der Waals surface area contributed by atoms with Crippen LogP contribution >= 0.6 is 11.3 Å². The van der Waals surface area contributed by atoms with Gasteiger partial charge >= 0.3 is 6.03 Å². The monoisotopic (exact) mass is 721 g/mol. The molecule has 5 rings (SSSR count). The van der Waals surface area contributed by atoms with Crippen molar-refractivity contribution in [1.29, 1.82) is 0 Å². The molecule has 0 bridgehead atoms. The number of carbonyl (C=O) groups excluding carboxylic acids is 4. The van der Waals surface area contributed by atoms with Gasteiger partial charge in [-0.2, -0.15) is 0 Å². The van der Waals surface area contributed by atoms with E-state index in [2.05, 4.69) is 26.3 Å². The molecule has 1 saturated heterocycles. The first-order chi connectivity index (χ1) is 24.1. The van der Waals surface area contributed by atoms with E-state index in [0.717, 1.165) is 28.0 Å². The molecule has 2 fully saturated rings. The molecule has 14 heteroatoms. The minimum Gasteiger partial charge on any atom is -0.487 e. The predicted octanol–water partition coefficient (Wildman–Crippen LogP) is 4.14. The van der Waals surface area contributed by atoms with Gasteiger partial charge in [-0.05, 0) is 69.0 Å². The summed E-state index contributed by atoms with van der Waals surface area (Å²) in [6, 6.07) is 6.61. The van der Waals surface area contributed by atoms with Crippen molar-refractivity contribution in [2.75, 3.05) is 6.54 Å². The third-order valence-corrected chi connectivity index (χ3v) is 9.90. The minimum atomic E-state index is -1.75. The molecular formula is C37H51N7O6S. The van der Waals surface area contributed by atoms with Gasteiger partial charge in [0.2, 0.25) is 5.91 Å². The summed E-state index contributed by atoms with van der Waals surface area (Å²) in [5.74, 6) is -0.733. The fraction of sp³-hybridized carbons (Fsp3) is 0.568. The summed E-state index contributed by atoms with van der Waals surface area (Å²) >= 11 is 1.50. The van der Waals surface area contributed by atoms with Crippen LogP contribution in [0.2, 0.25) is 0 Å². The van der Waals surface area contributed by atoms with E-state index in [9.17, 15) is 24.3 Å². The summed E-state index contributed by atoms with van der Waals surface area (Å²) in [6.45, 7) is 13.0. The number of pyridine rings is 2. The predicted molar refractivity (Wildman–Crippen MR) is 196 cm³/mol. The lowest BCUT2D eigenvalue weighted by Crippen LogP contribution is -2.74. The van der Waals surface area contributed by atoms with Gasteiger partial charge in [0.15, 0.2) is 6.29 Å². The van der Waals surface area contributed by atoms with Crippen molar-refractivity contribution in [1.82, 2.24) is 36.1 Å². The number of aliphatic hydroxyl groups excluding tert-OH is 1. The maximum Gasteiger partial charge on any atom is 0.315 e. The first kappa shape index (κ1) is 38.3. The number of aromatic nitrogens is 2. The smallest absolute Gasteiger partial charge is 0.315 e. The van der Waals surface area contributed by atoms with Crippen LogP contribution < -0.4 is 26.0 Å². The Balaban J connectivity index is 1.48. The van der Waals surface area contributed by atoms with E-state index in [0.29, 0.717) is 36.4 Å². The second-order valence-electron chi connectivity index (χ2n) is 15.6. The van der Waals surface area contributed by atoms with Gasteiger partial charge in [0.05, 0.1) is 27.6 Å². The van der Waals surface area contributed by atoms with Crippen LogP contribution in [0.3, 0.4) is 0 Å². The highest BCUT2D eigenvalue weighted by Crippen LogP contribution is 2.36. The lowest BCUT2D eigenvalue weighted by molar-refractivity contribution is -0.167. The molecule has 4 amide bonds. The Morgan fingerprint density at radius 2 is 1.88 bits per heavy atom. The number of thiophene rings is 1. The molecule has 3 aromatic rings. The fourth-order valence-electron chi connectivity index (χ4n) is 6.45. The lowest BCUT2D eigenvalue weighted by atomic mass is 9.84. The molecular weight excluding hydrogens is 671 g/mol. The number of nitrogens with one attached hydrogen (secondary N) is 4. The Labute approximate surface area is 303 Å². The quantitative estimate of drug-likeness (QED) is 0.128. The molecule has 2 aliphatic rings. The van der Waals surface area contributed by atoms with E-state index in [1.54, 1.807) is 27.0 Å². The van der Waals surface area contributed by atoms with Gasteiger partial charge in [-0.3, -0.25) is 24.8 Å². The normalized spacial score (nSPS) is 20.2. The molecule has 13 nitrogen and oxygen atoms in total. The SMILES string of the molecule is CCC[C@@](NC1CC1)(C(O)C=O)N(C(=O)[C@@H]1C[C@@H](Oc2cc(-c3ccccn3)nc3ccsc23)CN1)C(=O)[C@@H](NC(=O)NC(C)(C)C)C(C)(C)C. The number of aldehydes is 1. The molecule has 276 valence electrons. The first-order valence-electron chi connectivity index (χ1n) is 17.6. The summed E-state index contributed by atoms with van der Waals surface area (Å²) in [7, 11) is 0. The van der Waals surface area contributed by atoms with Crippen molar-refractivity contribution in [2.45, 2.75) is 122 Å². The molecule has 4 heterocycles. The molecule has 0 spiro atoms. The average molecular weight is 722 g/mol. The van der Waals surface area contributed by atoms with E-state index in [1.165, 1.54) is 11.3 Å². The molecule has 0 aromatic carbocycles. The minimum absolute atomic E-state index is 0.0969. The Morgan fingerprint density at radius 1 is 1.14 bits per heavy atom. The van der Waals surface area contributed by atoms with Gasteiger partial charge in [-0.1, -0.05) is 40.2 Å². The third kappa shape index (κ3) is 8.91. The van der Waals surface area contributed by atoms with Crippen LogP contribution in [0.15, 0.2) is 41.9 Å². The van der Waals surface area contributed by atoms with Crippen LogP contribution in [-0.2, 0) is 14.4 Å². The van der Waals surface area contributed by atoms with Crippen LogP contribution in [0, 0.1) is 5.41 Å². The van der Waals surface area contributed by atoms with Crippen LogP contribution in [0.4, 0.5) is 4.79 Å². The number of rotatable bonds is 13. The highest BCUT2D eigenvalue weighted by Gasteiger charge is 2.55. The summed E-state index contributed by atoms with van der Waals surface area (Å²) in [5, 5.41) is 25.6. The molecule has 0 radical (unpaired) electrons. The zero-order valence-electron chi connectivity index (χ0n) is 30.5. The van der Waals surface area contributed by atoms with E-state index >= 15 is 0 Å². The number of aliphatic hydroxyl groups is 1. The van der Waals surface area contributed by atoms with Crippen molar-refractivity contribution >= 4 is 45.7 Å². The number of fused-ring (bicyclic) bond motifs is 1. The van der Waals surface area contributed by atoms with Gasteiger partial charge < -0.3 is 30.6 Å². The molecule has 1 aliphatic carbocycles. The third-order valence-electron chi connectivity index (χ3n) is 8.98. The van der Waals surface area contributed by atoms with Crippen molar-refractivity contribution < 1.29 is 29.0 Å². The van der Waals surface area contributed by atoms with Gasteiger partial charge in [0.25, 0.3) is 5.91 Å². The van der Waals surface area contributed by atoms with Crippen molar-refractivity contribution in [3.05, 3.63) is 41.9 Å². The second-order valence-corrected chi connectivity index (χ2v) is 16.5. The zero-order valence-corrected chi connectivity index (χ0v) is 31.3. The zero-order chi connectivity index (χ0) is 37.1.